The second kappa shape index (κ2) is 6.07. The van der Waals surface area contributed by atoms with Crippen LogP contribution in [0.5, 0.6) is 11.6 Å². The van der Waals surface area contributed by atoms with Gasteiger partial charge >= 0.3 is 5.69 Å². The zero-order chi connectivity index (χ0) is 14.5. The lowest BCUT2D eigenvalue weighted by molar-refractivity contribution is -0.385. The minimum absolute atomic E-state index is 0.0507. The molecule has 1 aromatic heterocycles. The lowest BCUT2D eigenvalue weighted by atomic mass is 10.3. The second-order valence-corrected chi connectivity index (χ2v) is 4.01. The first kappa shape index (κ1) is 13.9. The number of ether oxygens (including phenoxy) is 1. The molecule has 0 saturated heterocycles. The zero-order valence-corrected chi connectivity index (χ0v) is 10.7. The van der Waals surface area contributed by atoms with Crippen molar-refractivity contribution >= 4 is 5.69 Å². The summed E-state index contributed by atoms with van der Waals surface area (Å²) in [6.07, 6.45) is 1.60. The first-order valence-corrected chi connectivity index (χ1v) is 5.81. The highest BCUT2D eigenvalue weighted by Crippen LogP contribution is 2.30. The highest BCUT2D eigenvalue weighted by molar-refractivity contribution is 5.47. The molecule has 1 heterocycles. The number of nitrogens with one attached hydrogen (secondary N) is 1. The van der Waals surface area contributed by atoms with E-state index >= 15 is 0 Å². The number of nitro groups is 1. The Kier molecular flexibility index (Phi) is 4.21. The van der Waals surface area contributed by atoms with Crippen LogP contribution in [0.1, 0.15) is 5.56 Å². The molecule has 0 unspecified atom stereocenters. The number of benzene rings is 1. The number of nitrogens with zero attached hydrogens (tertiary/aromatic N) is 2. The lowest BCUT2D eigenvalue weighted by Gasteiger charge is -2.06. The molecule has 2 aromatic rings. The van der Waals surface area contributed by atoms with Crippen molar-refractivity contribution in [3.63, 3.8) is 0 Å². The molecule has 104 valence electrons. The van der Waals surface area contributed by atoms with Gasteiger partial charge in [0.05, 0.1) is 11.0 Å². The molecule has 0 aliphatic rings. The van der Waals surface area contributed by atoms with Gasteiger partial charge in [0.25, 0.3) is 0 Å². The van der Waals surface area contributed by atoms with Gasteiger partial charge in [-0.1, -0.05) is 6.07 Å². The predicted octanol–water partition coefficient (Wildman–Crippen LogP) is 2.64. The van der Waals surface area contributed by atoms with Crippen LogP contribution in [0.15, 0.2) is 36.5 Å². The molecule has 6 nitrogen and oxygen atoms in total. The van der Waals surface area contributed by atoms with Gasteiger partial charge in [0.15, 0.2) is 0 Å². The van der Waals surface area contributed by atoms with E-state index in [4.69, 9.17) is 4.74 Å². The van der Waals surface area contributed by atoms with Crippen molar-refractivity contribution in [2.75, 3.05) is 7.05 Å². The minimum atomic E-state index is -0.701. The lowest BCUT2D eigenvalue weighted by Crippen LogP contribution is -2.05. The number of halogens is 1. The molecule has 0 aliphatic carbocycles. The van der Waals surface area contributed by atoms with E-state index in [0.29, 0.717) is 6.54 Å². The van der Waals surface area contributed by atoms with E-state index in [-0.39, 0.29) is 11.6 Å². The van der Waals surface area contributed by atoms with E-state index in [2.05, 4.69) is 10.3 Å². The normalized spacial score (nSPS) is 10.3. The largest absolute Gasteiger partial charge is 0.432 e. The van der Waals surface area contributed by atoms with Gasteiger partial charge in [0.2, 0.25) is 11.6 Å². The number of pyridine rings is 1. The maximum atomic E-state index is 13.0. The van der Waals surface area contributed by atoms with E-state index in [0.717, 1.165) is 17.7 Å². The van der Waals surface area contributed by atoms with E-state index in [1.54, 1.807) is 18.3 Å². The molecule has 0 saturated carbocycles. The highest BCUT2D eigenvalue weighted by atomic mass is 19.1. The molecule has 2 rings (SSSR count). The van der Waals surface area contributed by atoms with Crippen LogP contribution >= 0.6 is 0 Å². The molecule has 0 fully saturated rings. The average molecular weight is 277 g/mol. The maximum Gasteiger partial charge on any atom is 0.314 e. The van der Waals surface area contributed by atoms with E-state index in [9.17, 15) is 14.5 Å². The molecule has 20 heavy (non-hydrogen) atoms. The summed E-state index contributed by atoms with van der Waals surface area (Å²) in [7, 11) is 1.81. The van der Waals surface area contributed by atoms with Crippen LogP contribution in [0.2, 0.25) is 0 Å². The monoisotopic (exact) mass is 277 g/mol. The van der Waals surface area contributed by atoms with Gasteiger partial charge in [-0.15, -0.1) is 0 Å². The summed E-state index contributed by atoms with van der Waals surface area (Å²) in [5, 5.41) is 13.8. The molecule has 0 radical (unpaired) electrons. The summed E-state index contributed by atoms with van der Waals surface area (Å²) in [6.45, 7) is 0.657. The summed E-state index contributed by atoms with van der Waals surface area (Å²) in [4.78, 5) is 14.2. The molecule has 0 spiro atoms. The topological polar surface area (TPSA) is 77.3 Å². The SMILES string of the molecule is CNCc1ccc(Oc2ccc(F)cc2[N+](=O)[O-])nc1. The van der Waals surface area contributed by atoms with E-state index in [1.807, 2.05) is 7.05 Å². The fraction of sp³-hybridized carbons (Fsp3) is 0.154. The van der Waals surface area contributed by atoms with Crippen LogP contribution in [0.4, 0.5) is 10.1 Å². The molecule has 0 amide bonds. The standard InChI is InChI=1S/C13H12FN3O3/c1-15-7-9-2-5-13(16-8-9)20-12-4-3-10(14)6-11(12)17(18)19/h2-6,8,15H,7H2,1H3. The number of hydrogen-bond acceptors (Lipinski definition) is 5. The maximum absolute atomic E-state index is 13.0. The first-order valence-electron chi connectivity index (χ1n) is 5.81. The van der Waals surface area contributed by atoms with Gasteiger partial charge in [0, 0.05) is 18.8 Å². The summed E-state index contributed by atoms with van der Waals surface area (Å²) < 4.78 is 18.3. The number of rotatable bonds is 5. The molecular weight excluding hydrogens is 265 g/mol. The van der Waals surface area contributed by atoms with Crippen LogP contribution < -0.4 is 10.1 Å². The van der Waals surface area contributed by atoms with Crippen molar-refractivity contribution in [2.45, 2.75) is 6.54 Å². The zero-order valence-electron chi connectivity index (χ0n) is 10.7. The van der Waals surface area contributed by atoms with Gasteiger partial charge in [-0.25, -0.2) is 9.37 Å². The third-order valence-corrected chi connectivity index (χ3v) is 2.51. The van der Waals surface area contributed by atoms with Crippen LogP contribution in [0.25, 0.3) is 0 Å². The van der Waals surface area contributed by atoms with Gasteiger partial charge < -0.3 is 10.1 Å². The van der Waals surface area contributed by atoms with Crippen LogP contribution in [0.3, 0.4) is 0 Å². The Labute approximate surface area is 114 Å². The van der Waals surface area contributed by atoms with Crippen LogP contribution in [-0.4, -0.2) is 17.0 Å². The molecule has 0 aliphatic heterocycles. The van der Waals surface area contributed by atoms with Gasteiger partial charge in [-0.2, -0.15) is 0 Å². The molecule has 1 aromatic carbocycles. The van der Waals surface area contributed by atoms with Crippen molar-refractivity contribution < 1.29 is 14.1 Å². The number of nitro benzene ring substituents is 1. The summed E-state index contributed by atoms with van der Waals surface area (Å²) in [6, 6.07) is 6.49. The fourth-order valence-electron chi connectivity index (χ4n) is 1.61. The quantitative estimate of drug-likeness (QED) is 0.671. The van der Waals surface area contributed by atoms with Crippen LogP contribution in [-0.2, 0) is 6.54 Å². The Balaban J connectivity index is 2.23. The molecule has 7 heteroatoms. The van der Waals surface area contributed by atoms with Crippen LogP contribution in [0, 0.1) is 15.9 Å². The Morgan fingerprint density at radius 3 is 2.80 bits per heavy atom. The smallest absolute Gasteiger partial charge is 0.314 e. The number of hydrogen-bond donors (Lipinski definition) is 1. The Bertz CT molecular complexity index is 617. The Morgan fingerprint density at radius 1 is 1.40 bits per heavy atom. The number of aromatic nitrogens is 1. The summed E-state index contributed by atoms with van der Waals surface area (Å²) in [5.74, 6) is -0.536. The minimum Gasteiger partial charge on any atom is -0.432 e. The fourth-order valence-corrected chi connectivity index (χ4v) is 1.61. The first-order chi connectivity index (χ1) is 9.60. The highest BCUT2D eigenvalue weighted by Gasteiger charge is 2.17. The molecule has 0 bridgehead atoms. The van der Waals surface area contributed by atoms with Crippen molar-refractivity contribution in [2.24, 2.45) is 0 Å². The predicted molar refractivity (Wildman–Crippen MR) is 70.1 cm³/mol. The van der Waals surface area contributed by atoms with Gasteiger partial charge in [-0.05, 0) is 24.7 Å². The van der Waals surface area contributed by atoms with Crippen molar-refractivity contribution in [1.82, 2.24) is 10.3 Å². The van der Waals surface area contributed by atoms with Crippen molar-refractivity contribution in [1.29, 1.82) is 0 Å². The van der Waals surface area contributed by atoms with Gasteiger partial charge in [-0.3, -0.25) is 10.1 Å². The van der Waals surface area contributed by atoms with Gasteiger partial charge in [0.1, 0.15) is 5.82 Å². The van der Waals surface area contributed by atoms with E-state index in [1.165, 1.54) is 6.07 Å². The van der Waals surface area contributed by atoms with E-state index < -0.39 is 16.4 Å². The summed E-state index contributed by atoms with van der Waals surface area (Å²) >= 11 is 0. The van der Waals surface area contributed by atoms with Crippen molar-refractivity contribution in [3.05, 3.63) is 58.0 Å². The third-order valence-electron chi connectivity index (χ3n) is 2.51. The van der Waals surface area contributed by atoms with Crippen molar-refractivity contribution in [3.8, 4) is 11.6 Å². The molecule has 1 N–H and O–H groups in total. The average Bonchev–Trinajstić information content (AvgIpc) is 2.43. The second-order valence-electron chi connectivity index (χ2n) is 4.01. The molecule has 0 atom stereocenters. The Morgan fingerprint density at radius 2 is 2.20 bits per heavy atom. The Hall–Kier alpha value is -2.54. The summed E-state index contributed by atoms with van der Waals surface area (Å²) in [5.41, 5.74) is 0.513. The molecular formula is C13H12FN3O3. The third kappa shape index (κ3) is 3.27.